The molecule has 0 fully saturated rings. The first-order valence-corrected chi connectivity index (χ1v) is 6.75. The average Bonchev–Trinajstić information content (AvgIpc) is 2.36. The molecule has 0 amide bonds. The highest BCUT2D eigenvalue weighted by atomic mass is 79.9. The Morgan fingerprint density at radius 1 is 1.20 bits per heavy atom. The van der Waals surface area contributed by atoms with Gasteiger partial charge < -0.3 is 14.9 Å². The Balaban J connectivity index is 2.12. The van der Waals surface area contributed by atoms with Crippen LogP contribution in [0.2, 0.25) is 0 Å². The maximum absolute atomic E-state index is 10.8. The minimum absolute atomic E-state index is 0.0834. The molecule has 4 nitrogen and oxygen atoms in total. The zero-order valence-electron chi connectivity index (χ0n) is 10.5. The second-order valence-electron chi connectivity index (χ2n) is 4.28. The normalized spacial score (nSPS) is 10.2. The van der Waals surface area contributed by atoms with Crippen LogP contribution in [0.5, 0.6) is 11.5 Å². The molecule has 0 aromatic heterocycles. The number of carboxylic acid groups (broad SMARTS) is 1. The standard InChI is InChI=1S/C15H13BrO4/c16-12-5-10(6-13(17)8-12)9-20-14-4-2-1-3-11(14)7-15(18)19/h1-6,8,17H,7,9H2,(H,18,19). The van der Waals surface area contributed by atoms with Gasteiger partial charge in [0.1, 0.15) is 18.1 Å². The zero-order valence-corrected chi connectivity index (χ0v) is 12.1. The Bertz CT molecular complexity index is 605. The molecule has 2 aromatic carbocycles. The van der Waals surface area contributed by atoms with Crippen LogP contribution in [0.3, 0.4) is 0 Å². The van der Waals surface area contributed by atoms with Gasteiger partial charge >= 0.3 is 5.97 Å². The van der Waals surface area contributed by atoms with Gasteiger partial charge in [-0.15, -0.1) is 0 Å². The van der Waals surface area contributed by atoms with Gasteiger partial charge in [0.2, 0.25) is 0 Å². The molecule has 0 aliphatic rings. The van der Waals surface area contributed by atoms with Crippen LogP contribution in [-0.2, 0) is 17.8 Å². The number of hydrogen-bond acceptors (Lipinski definition) is 3. The largest absolute Gasteiger partial charge is 0.508 e. The monoisotopic (exact) mass is 336 g/mol. The fourth-order valence-electron chi connectivity index (χ4n) is 1.83. The molecular weight excluding hydrogens is 324 g/mol. The number of rotatable bonds is 5. The molecule has 0 aliphatic heterocycles. The molecule has 20 heavy (non-hydrogen) atoms. The van der Waals surface area contributed by atoms with E-state index in [2.05, 4.69) is 15.9 Å². The highest BCUT2D eigenvalue weighted by Crippen LogP contribution is 2.23. The van der Waals surface area contributed by atoms with Crippen molar-refractivity contribution in [2.45, 2.75) is 13.0 Å². The van der Waals surface area contributed by atoms with E-state index in [1.54, 1.807) is 36.4 Å². The molecule has 104 valence electrons. The molecule has 5 heteroatoms. The van der Waals surface area contributed by atoms with E-state index in [1.165, 1.54) is 0 Å². The van der Waals surface area contributed by atoms with Crippen molar-refractivity contribution in [2.75, 3.05) is 0 Å². The molecule has 2 rings (SSSR count). The fourth-order valence-corrected chi connectivity index (χ4v) is 2.36. The van der Waals surface area contributed by atoms with Crippen LogP contribution in [0.15, 0.2) is 46.9 Å². The summed E-state index contributed by atoms with van der Waals surface area (Å²) in [6.45, 7) is 0.254. The van der Waals surface area contributed by atoms with Crippen LogP contribution in [-0.4, -0.2) is 16.2 Å². The number of carbonyl (C=O) groups is 1. The zero-order chi connectivity index (χ0) is 14.5. The Morgan fingerprint density at radius 2 is 1.95 bits per heavy atom. The smallest absolute Gasteiger partial charge is 0.307 e. The maximum atomic E-state index is 10.8. The number of aromatic hydroxyl groups is 1. The Morgan fingerprint density at radius 3 is 2.65 bits per heavy atom. The summed E-state index contributed by atoms with van der Waals surface area (Å²) < 4.78 is 6.40. The summed E-state index contributed by atoms with van der Waals surface area (Å²) in [6, 6.07) is 12.0. The van der Waals surface area contributed by atoms with Gasteiger partial charge in [-0.05, 0) is 29.8 Å². The van der Waals surface area contributed by atoms with Crippen molar-refractivity contribution in [3.05, 3.63) is 58.1 Å². The summed E-state index contributed by atoms with van der Waals surface area (Å²) in [7, 11) is 0. The molecular formula is C15H13BrO4. The summed E-state index contributed by atoms with van der Waals surface area (Å²) in [4.78, 5) is 10.8. The molecule has 0 spiro atoms. The lowest BCUT2D eigenvalue weighted by Gasteiger charge is -2.10. The molecule has 2 N–H and O–H groups in total. The third-order valence-electron chi connectivity index (χ3n) is 2.65. The van der Waals surface area contributed by atoms with E-state index >= 15 is 0 Å². The van der Waals surface area contributed by atoms with E-state index in [0.29, 0.717) is 11.3 Å². The second kappa shape index (κ2) is 6.43. The minimum atomic E-state index is -0.902. The van der Waals surface area contributed by atoms with Crippen molar-refractivity contribution in [2.24, 2.45) is 0 Å². The van der Waals surface area contributed by atoms with Gasteiger partial charge in [-0.2, -0.15) is 0 Å². The van der Waals surface area contributed by atoms with Gasteiger partial charge in [-0.25, -0.2) is 0 Å². The third-order valence-corrected chi connectivity index (χ3v) is 3.11. The number of ether oxygens (including phenoxy) is 1. The van der Waals surface area contributed by atoms with E-state index < -0.39 is 5.97 Å². The first kappa shape index (κ1) is 14.4. The quantitative estimate of drug-likeness (QED) is 0.878. The van der Waals surface area contributed by atoms with Crippen LogP contribution in [0, 0.1) is 0 Å². The van der Waals surface area contributed by atoms with E-state index in [9.17, 15) is 9.90 Å². The Hall–Kier alpha value is -2.01. The third kappa shape index (κ3) is 3.99. The van der Waals surface area contributed by atoms with Crippen molar-refractivity contribution in [3.8, 4) is 11.5 Å². The number of halogens is 1. The highest BCUT2D eigenvalue weighted by Gasteiger charge is 2.08. The fraction of sp³-hybridized carbons (Fsp3) is 0.133. The Kier molecular flexibility index (Phi) is 4.63. The first-order valence-electron chi connectivity index (χ1n) is 5.95. The van der Waals surface area contributed by atoms with E-state index in [-0.39, 0.29) is 18.8 Å². The number of carboxylic acids is 1. The summed E-state index contributed by atoms with van der Waals surface area (Å²) in [5.41, 5.74) is 1.42. The number of para-hydroxylation sites is 1. The van der Waals surface area contributed by atoms with E-state index in [4.69, 9.17) is 9.84 Å². The van der Waals surface area contributed by atoms with Crippen LogP contribution in [0.25, 0.3) is 0 Å². The van der Waals surface area contributed by atoms with Gasteiger partial charge in [0.05, 0.1) is 6.42 Å². The topological polar surface area (TPSA) is 66.8 Å². The van der Waals surface area contributed by atoms with Gasteiger partial charge in [0, 0.05) is 10.0 Å². The maximum Gasteiger partial charge on any atom is 0.307 e. The first-order chi connectivity index (χ1) is 9.54. The SMILES string of the molecule is O=C(O)Cc1ccccc1OCc1cc(O)cc(Br)c1. The van der Waals surface area contributed by atoms with Crippen LogP contribution < -0.4 is 4.74 Å². The Labute approximate surface area is 124 Å². The second-order valence-corrected chi connectivity index (χ2v) is 5.20. The van der Waals surface area contributed by atoms with Crippen molar-refractivity contribution in [1.29, 1.82) is 0 Å². The van der Waals surface area contributed by atoms with Crippen LogP contribution >= 0.6 is 15.9 Å². The van der Waals surface area contributed by atoms with Crippen molar-refractivity contribution < 1.29 is 19.7 Å². The molecule has 0 heterocycles. The van der Waals surface area contributed by atoms with Gasteiger partial charge in [-0.3, -0.25) is 4.79 Å². The van der Waals surface area contributed by atoms with E-state index in [1.807, 2.05) is 6.07 Å². The van der Waals surface area contributed by atoms with E-state index in [0.717, 1.165) is 10.0 Å². The van der Waals surface area contributed by atoms with Crippen molar-refractivity contribution in [3.63, 3.8) is 0 Å². The van der Waals surface area contributed by atoms with Gasteiger partial charge in [0.25, 0.3) is 0 Å². The summed E-state index contributed by atoms with van der Waals surface area (Å²) in [5, 5.41) is 18.4. The summed E-state index contributed by atoms with van der Waals surface area (Å²) in [6.07, 6.45) is -0.0834. The minimum Gasteiger partial charge on any atom is -0.508 e. The number of phenolic OH excluding ortho intramolecular Hbond substituents is 1. The lowest BCUT2D eigenvalue weighted by Crippen LogP contribution is -2.04. The lowest BCUT2D eigenvalue weighted by molar-refractivity contribution is -0.136. The molecule has 0 radical (unpaired) electrons. The highest BCUT2D eigenvalue weighted by molar-refractivity contribution is 9.10. The predicted octanol–water partition coefficient (Wildman–Crippen LogP) is 3.36. The van der Waals surface area contributed by atoms with Crippen LogP contribution in [0.1, 0.15) is 11.1 Å². The molecule has 0 aliphatic carbocycles. The summed E-state index contributed by atoms with van der Waals surface area (Å²) in [5.74, 6) is -0.215. The number of phenols is 1. The van der Waals surface area contributed by atoms with Crippen molar-refractivity contribution >= 4 is 21.9 Å². The molecule has 0 atom stereocenters. The van der Waals surface area contributed by atoms with Gasteiger partial charge in [-0.1, -0.05) is 34.1 Å². The molecule has 0 saturated carbocycles. The van der Waals surface area contributed by atoms with Gasteiger partial charge in [0.15, 0.2) is 0 Å². The molecule has 2 aromatic rings. The average molecular weight is 337 g/mol. The number of hydrogen-bond donors (Lipinski definition) is 2. The molecule has 0 bridgehead atoms. The number of benzene rings is 2. The van der Waals surface area contributed by atoms with Crippen LogP contribution in [0.4, 0.5) is 0 Å². The molecule has 0 saturated heterocycles. The summed E-state index contributed by atoms with van der Waals surface area (Å²) >= 11 is 3.29. The number of aliphatic carboxylic acids is 1. The lowest BCUT2D eigenvalue weighted by atomic mass is 10.1. The van der Waals surface area contributed by atoms with Crippen molar-refractivity contribution in [1.82, 2.24) is 0 Å². The molecule has 0 unspecified atom stereocenters. The predicted molar refractivity (Wildman–Crippen MR) is 77.9 cm³/mol.